The Morgan fingerprint density at radius 2 is 2.05 bits per heavy atom. The minimum absolute atomic E-state index is 0.392. The summed E-state index contributed by atoms with van der Waals surface area (Å²) in [7, 11) is 0. The molecule has 2 aromatic rings. The topological polar surface area (TPSA) is 38.9 Å². The summed E-state index contributed by atoms with van der Waals surface area (Å²) >= 11 is 6.00. The van der Waals surface area contributed by atoms with Crippen LogP contribution in [0.15, 0.2) is 28.9 Å². The van der Waals surface area contributed by atoms with Crippen molar-refractivity contribution in [2.75, 3.05) is 0 Å². The molecule has 19 heavy (non-hydrogen) atoms. The summed E-state index contributed by atoms with van der Waals surface area (Å²) in [5, 5.41) is -0.872. The Morgan fingerprint density at radius 3 is 2.63 bits per heavy atom. The van der Waals surface area contributed by atoms with Crippen molar-refractivity contribution in [3.05, 3.63) is 47.9 Å². The molecule has 0 amide bonds. The molecular weight excluding hydrogens is 456 g/mol. The summed E-state index contributed by atoms with van der Waals surface area (Å²) < 4.78 is 39.3. The maximum atomic E-state index is 12.5. The summed E-state index contributed by atoms with van der Waals surface area (Å²) in [6.07, 6.45) is -3.23. The average molecular weight is 463 g/mol. The van der Waals surface area contributed by atoms with Gasteiger partial charge in [0.05, 0.1) is 6.04 Å². The molecule has 0 aliphatic rings. The first-order valence-electron chi connectivity index (χ1n) is 5.02. The molecule has 102 valence electrons. The number of halogens is 5. The van der Waals surface area contributed by atoms with E-state index >= 15 is 0 Å². The first kappa shape index (κ1) is 15.2. The Labute approximate surface area is 133 Å². The molecule has 0 bridgehead atoms. The summed E-state index contributed by atoms with van der Waals surface area (Å²) in [6.45, 7) is 0. The SMILES string of the molecule is NC(c1cnc(C(F)(F)F)s1)c1cc(Br)ccc1I. The molecule has 2 rings (SSSR count). The quantitative estimate of drug-likeness (QED) is 0.663. The van der Waals surface area contributed by atoms with E-state index in [4.69, 9.17) is 5.73 Å². The fraction of sp³-hybridized carbons (Fsp3) is 0.182. The molecule has 1 atom stereocenters. The number of rotatable bonds is 2. The van der Waals surface area contributed by atoms with E-state index in [1.54, 1.807) is 6.07 Å². The van der Waals surface area contributed by atoms with Gasteiger partial charge in [-0.2, -0.15) is 13.2 Å². The monoisotopic (exact) mass is 462 g/mol. The molecule has 0 saturated heterocycles. The van der Waals surface area contributed by atoms with Crippen LogP contribution in [0.4, 0.5) is 13.2 Å². The Hall–Kier alpha value is -0.190. The molecule has 0 spiro atoms. The Kier molecular flexibility index (Phi) is 4.53. The van der Waals surface area contributed by atoms with Crippen LogP contribution in [0.25, 0.3) is 0 Å². The number of thiazole rings is 1. The average Bonchev–Trinajstić information content (AvgIpc) is 2.80. The van der Waals surface area contributed by atoms with E-state index in [1.165, 1.54) is 6.20 Å². The normalized spacial score (nSPS) is 13.6. The van der Waals surface area contributed by atoms with Crippen LogP contribution in [0.2, 0.25) is 0 Å². The summed E-state index contributed by atoms with van der Waals surface area (Å²) in [5.74, 6) is 0. The molecule has 1 aromatic heterocycles. The predicted octanol–water partition coefficient (Wildman–Crippen LogP) is 4.58. The first-order chi connectivity index (χ1) is 8.79. The summed E-state index contributed by atoms with van der Waals surface area (Å²) in [4.78, 5) is 3.78. The van der Waals surface area contributed by atoms with Gasteiger partial charge in [-0.3, -0.25) is 0 Å². The van der Waals surface area contributed by atoms with E-state index < -0.39 is 17.2 Å². The van der Waals surface area contributed by atoms with Crippen molar-refractivity contribution < 1.29 is 13.2 Å². The molecule has 0 saturated carbocycles. The lowest BCUT2D eigenvalue weighted by molar-refractivity contribution is -0.137. The molecule has 0 aliphatic carbocycles. The molecule has 0 aliphatic heterocycles. The minimum atomic E-state index is -4.42. The highest BCUT2D eigenvalue weighted by Crippen LogP contribution is 2.36. The molecule has 2 nitrogen and oxygen atoms in total. The Bertz CT molecular complexity index is 600. The van der Waals surface area contributed by atoms with E-state index in [9.17, 15) is 13.2 Å². The van der Waals surface area contributed by atoms with Crippen LogP contribution in [0, 0.1) is 3.57 Å². The molecule has 1 aromatic carbocycles. The van der Waals surface area contributed by atoms with E-state index in [2.05, 4.69) is 43.5 Å². The van der Waals surface area contributed by atoms with Gasteiger partial charge in [0.25, 0.3) is 0 Å². The number of aromatic nitrogens is 1. The summed E-state index contributed by atoms with van der Waals surface area (Å²) in [6, 6.07) is 4.90. The van der Waals surface area contributed by atoms with Crippen molar-refractivity contribution in [1.29, 1.82) is 0 Å². The van der Waals surface area contributed by atoms with Crippen molar-refractivity contribution >= 4 is 49.9 Å². The fourth-order valence-corrected chi connectivity index (χ4v) is 3.32. The Balaban J connectivity index is 2.36. The zero-order valence-corrected chi connectivity index (χ0v) is 13.8. The van der Waals surface area contributed by atoms with Gasteiger partial charge in [-0.05, 0) is 46.4 Å². The van der Waals surface area contributed by atoms with Crippen LogP contribution in [0.3, 0.4) is 0 Å². The first-order valence-corrected chi connectivity index (χ1v) is 7.71. The third kappa shape index (κ3) is 3.47. The van der Waals surface area contributed by atoms with Crippen molar-refractivity contribution in [2.45, 2.75) is 12.2 Å². The highest BCUT2D eigenvalue weighted by molar-refractivity contribution is 14.1. The maximum Gasteiger partial charge on any atom is 0.443 e. The summed E-state index contributed by atoms with van der Waals surface area (Å²) in [5.41, 5.74) is 6.79. The van der Waals surface area contributed by atoms with Crippen molar-refractivity contribution in [3.8, 4) is 0 Å². The lowest BCUT2D eigenvalue weighted by Gasteiger charge is -2.12. The lowest BCUT2D eigenvalue weighted by Crippen LogP contribution is -2.11. The van der Waals surface area contributed by atoms with E-state index in [0.717, 1.165) is 13.6 Å². The van der Waals surface area contributed by atoms with Gasteiger partial charge < -0.3 is 5.73 Å². The van der Waals surface area contributed by atoms with E-state index in [-0.39, 0.29) is 0 Å². The molecule has 8 heteroatoms. The van der Waals surface area contributed by atoms with Crippen LogP contribution in [0.1, 0.15) is 21.5 Å². The largest absolute Gasteiger partial charge is 0.443 e. The molecule has 2 N–H and O–H groups in total. The lowest BCUT2D eigenvalue weighted by atomic mass is 10.1. The van der Waals surface area contributed by atoms with Crippen LogP contribution in [-0.4, -0.2) is 4.98 Å². The molecule has 0 radical (unpaired) electrons. The van der Waals surface area contributed by atoms with Crippen molar-refractivity contribution in [3.63, 3.8) is 0 Å². The number of alkyl halides is 3. The standard InChI is InChI=1S/C11H7BrF3IN2S/c12-5-1-2-7(16)6(3-5)9(17)8-4-18-10(19-8)11(13,14)15/h1-4,9H,17H2. The van der Waals surface area contributed by atoms with Crippen LogP contribution in [-0.2, 0) is 6.18 Å². The van der Waals surface area contributed by atoms with Gasteiger partial charge in [-0.1, -0.05) is 15.9 Å². The molecular formula is C11H7BrF3IN2S. The molecule has 1 heterocycles. The van der Waals surface area contributed by atoms with Crippen LogP contribution >= 0.6 is 49.9 Å². The molecule has 1 unspecified atom stereocenters. The van der Waals surface area contributed by atoms with Gasteiger partial charge >= 0.3 is 6.18 Å². The maximum absolute atomic E-state index is 12.5. The second-order valence-corrected chi connectivity index (χ2v) is 6.85. The fourth-order valence-electron chi connectivity index (χ4n) is 1.47. The van der Waals surface area contributed by atoms with E-state index in [1.807, 2.05) is 12.1 Å². The number of hydrogen-bond acceptors (Lipinski definition) is 3. The number of benzene rings is 1. The number of hydrogen-bond donors (Lipinski definition) is 1. The van der Waals surface area contributed by atoms with E-state index in [0.29, 0.717) is 16.2 Å². The smallest absolute Gasteiger partial charge is 0.320 e. The second-order valence-electron chi connectivity index (χ2n) is 3.71. The molecule has 0 fully saturated rings. The zero-order chi connectivity index (χ0) is 14.2. The van der Waals surface area contributed by atoms with Crippen LogP contribution in [0.5, 0.6) is 0 Å². The van der Waals surface area contributed by atoms with Gasteiger partial charge in [0, 0.05) is 19.1 Å². The highest BCUT2D eigenvalue weighted by atomic mass is 127. The zero-order valence-electron chi connectivity index (χ0n) is 9.21. The highest BCUT2D eigenvalue weighted by Gasteiger charge is 2.35. The van der Waals surface area contributed by atoms with Crippen molar-refractivity contribution in [1.82, 2.24) is 4.98 Å². The van der Waals surface area contributed by atoms with Crippen molar-refractivity contribution in [2.24, 2.45) is 5.73 Å². The third-order valence-corrected chi connectivity index (χ3v) is 4.97. The van der Waals surface area contributed by atoms with Gasteiger partial charge in [0.2, 0.25) is 0 Å². The predicted molar refractivity (Wildman–Crippen MR) is 80.0 cm³/mol. The number of nitrogens with zero attached hydrogens (tertiary/aromatic N) is 1. The third-order valence-electron chi connectivity index (χ3n) is 2.37. The van der Waals surface area contributed by atoms with Gasteiger partial charge in [-0.25, -0.2) is 4.98 Å². The Morgan fingerprint density at radius 1 is 1.37 bits per heavy atom. The van der Waals surface area contributed by atoms with Gasteiger partial charge in [-0.15, -0.1) is 11.3 Å². The van der Waals surface area contributed by atoms with Gasteiger partial charge in [0.15, 0.2) is 5.01 Å². The minimum Gasteiger partial charge on any atom is -0.320 e. The number of nitrogens with two attached hydrogens (primary N) is 1. The van der Waals surface area contributed by atoms with Crippen LogP contribution < -0.4 is 5.73 Å². The second kappa shape index (κ2) is 5.66. The van der Waals surface area contributed by atoms with Gasteiger partial charge in [0.1, 0.15) is 0 Å².